The summed E-state index contributed by atoms with van der Waals surface area (Å²) in [5, 5.41) is 0. The molecule has 2 aromatic rings. The lowest BCUT2D eigenvalue weighted by atomic mass is 9.85. The predicted octanol–water partition coefficient (Wildman–Crippen LogP) is 13.4. The van der Waals surface area contributed by atoms with Crippen molar-refractivity contribution in [2.75, 3.05) is 0 Å². The Morgan fingerprint density at radius 1 is 0.405 bits per heavy atom. The maximum atomic E-state index is 2.50. The van der Waals surface area contributed by atoms with E-state index in [0.717, 1.165) is 6.42 Å². The minimum atomic E-state index is 0.575. The lowest BCUT2D eigenvalue weighted by Gasteiger charge is -2.20. The highest BCUT2D eigenvalue weighted by Gasteiger charge is 2.25. The van der Waals surface area contributed by atoms with E-state index in [1.54, 1.807) is 0 Å². The third-order valence-electron chi connectivity index (χ3n) is 5.78. The van der Waals surface area contributed by atoms with Crippen molar-refractivity contribution in [2.24, 2.45) is 0 Å². The van der Waals surface area contributed by atoms with E-state index in [0.29, 0.717) is 23.7 Å². The Kier molecular flexibility index (Phi) is 20.7. The van der Waals surface area contributed by atoms with Crippen LogP contribution in [0.15, 0.2) is 24.3 Å². The molecule has 0 saturated carbocycles. The fraction of sp³-hybridized carbons (Fsp3) is 0.676. The summed E-state index contributed by atoms with van der Waals surface area (Å²) in [6.45, 7) is 35.6. The molecule has 0 radical (unpaired) electrons. The molecule has 0 fully saturated rings. The van der Waals surface area contributed by atoms with Crippen molar-refractivity contribution >= 4 is 0 Å². The minimum absolute atomic E-state index is 0.575. The lowest BCUT2D eigenvalue weighted by Crippen LogP contribution is -2.01. The zero-order valence-electron chi connectivity index (χ0n) is 28.2. The second-order valence-corrected chi connectivity index (χ2v) is 11.9. The molecule has 0 saturated heterocycles. The number of hydrogen-bond donors (Lipinski definition) is 0. The summed E-state index contributed by atoms with van der Waals surface area (Å²) in [5.41, 5.74) is 12.2. The fourth-order valence-electron chi connectivity index (χ4n) is 4.36. The summed E-state index contributed by atoms with van der Waals surface area (Å²) in [4.78, 5) is 0. The van der Waals surface area contributed by atoms with Crippen LogP contribution >= 0.6 is 0 Å². The highest BCUT2D eigenvalue weighted by Crippen LogP contribution is 2.44. The van der Waals surface area contributed by atoms with E-state index in [1.807, 2.05) is 0 Å². The molecule has 1 aliphatic rings. The van der Waals surface area contributed by atoms with Crippen molar-refractivity contribution in [2.45, 2.75) is 167 Å². The van der Waals surface area contributed by atoms with Gasteiger partial charge in [-0.15, -0.1) is 0 Å². The first-order valence-electron chi connectivity index (χ1n) is 15.7. The fourth-order valence-corrected chi connectivity index (χ4v) is 4.36. The molecule has 2 aromatic carbocycles. The molecular weight excluding hydrogens is 444 g/mol. The summed E-state index contributed by atoms with van der Waals surface area (Å²) >= 11 is 0. The predicted molar refractivity (Wildman–Crippen MR) is 175 cm³/mol. The molecule has 0 nitrogen and oxygen atoms in total. The molecule has 214 valence electrons. The third kappa shape index (κ3) is 12.2. The van der Waals surface area contributed by atoms with Crippen molar-refractivity contribution in [3.8, 4) is 11.1 Å². The number of fused-ring (bicyclic) bond motifs is 3. The van der Waals surface area contributed by atoms with Gasteiger partial charge in [0, 0.05) is 0 Å². The largest absolute Gasteiger partial charge is 0.0656 e. The number of benzene rings is 2. The van der Waals surface area contributed by atoms with Crippen molar-refractivity contribution in [1.82, 2.24) is 0 Å². The van der Waals surface area contributed by atoms with Gasteiger partial charge in [-0.2, -0.15) is 0 Å². The van der Waals surface area contributed by atoms with Crippen LogP contribution in [0.4, 0.5) is 0 Å². The Morgan fingerprint density at radius 2 is 0.595 bits per heavy atom. The van der Waals surface area contributed by atoms with E-state index in [4.69, 9.17) is 0 Å². The highest BCUT2D eigenvalue weighted by atomic mass is 14.3. The maximum absolute atomic E-state index is 2.50. The van der Waals surface area contributed by atoms with E-state index in [-0.39, 0.29) is 0 Å². The smallest absolute Gasteiger partial charge is 0.00132 e. The van der Waals surface area contributed by atoms with Gasteiger partial charge >= 0.3 is 0 Å². The van der Waals surface area contributed by atoms with Crippen molar-refractivity contribution in [3.63, 3.8) is 0 Å². The Bertz CT molecular complexity index is 773. The van der Waals surface area contributed by atoms with Crippen LogP contribution in [0.25, 0.3) is 11.1 Å². The van der Waals surface area contributed by atoms with Gasteiger partial charge < -0.3 is 0 Å². The minimum Gasteiger partial charge on any atom is -0.0656 e. The van der Waals surface area contributed by atoms with Crippen LogP contribution in [0, 0.1) is 0 Å². The van der Waals surface area contributed by atoms with E-state index < -0.39 is 0 Å². The van der Waals surface area contributed by atoms with Gasteiger partial charge in [0.1, 0.15) is 0 Å². The molecule has 0 atom stereocenters. The second kappa shape index (κ2) is 20.4. The van der Waals surface area contributed by atoms with E-state index >= 15 is 0 Å². The molecular formula is C37H66. The average molecular weight is 511 g/mol. The Hall–Kier alpha value is -1.56. The summed E-state index contributed by atoms with van der Waals surface area (Å²) in [5.74, 6) is 2.32. The molecule has 0 bridgehead atoms. The Labute approximate surface area is 235 Å². The normalized spacial score (nSPS) is 10.9. The van der Waals surface area contributed by atoms with E-state index in [9.17, 15) is 0 Å². The molecule has 3 rings (SSSR count). The summed E-state index contributed by atoms with van der Waals surface area (Å²) in [6, 6.07) is 10.00. The van der Waals surface area contributed by atoms with Gasteiger partial charge in [0.2, 0.25) is 0 Å². The van der Waals surface area contributed by atoms with Gasteiger partial charge in [-0.25, -0.2) is 0 Å². The lowest BCUT2D eigenvalue weighted by molar-refractivity contribution is 0.789. The van der Waals surface area contributed by atoms with Gasteiger partial charge in [-0.1, -0.05) is 161 Å². The van der Waals surface area contributed by atoms with Gasteiger partial charge in [-0.05, 0) is 74.6 Å². The van der Waals surface area contributed by atoms with Crippen molar-refractivity contribution < 1.29 is 0 Å². The first-order chi connectivity index (χ1) is 17.4. The molecule has 37 heavy (non-hydrogen) atoms. The quantitative estimate of drug-likeness (QED) is 0.327. The molecule has 0 spiro atoms. The Balaban J connectivity index is 0. The van der Waals surface area contributed by atoms with E-state index in [2.05, 4.69) is 135 Å². The average Bonchev–Trinajstić information content (AvgIpc) is 3.16. The van der Waals surface area contributed by atoms with Crippen LogP contribution in [-0.4, -0.2) is 0 Å². The monoisotopic (exact) mass is 511 g/mol. The van der Waals surface area contributed by atoms with Crippen LogP contribution < -0.4 is 0 Å². The molecule has 0 unspecified atom stereocenters. The van der Waals surface area contributed by atoms with Gasteiger partial charge in [0.05, 0.1) is 0 Å². The van der Waals surface area contributed by atoms with Crippen LogP contribution in [0.3, 0.4) is 0 Å². The van der Waals surface area contributed by atoms with Crippen LogP contribution in [0.5, 0.6) is 0 Å². The number of rotatable bonds is 4. The number of hydrogen-bond acceptors (Lipinski definition) is 0. The van der Waals surface area contributed by atoms with Gasteiger partial charge in [0.15, 0.2) is 0 Å². The zero-order chi connectivity index (χ0) is 29.3. The zero-order valence-corrected chi connectivity index (χ0v) is 28.2. The molecule has 0 aliphatic heterocycles. The van der Waals surface area contributed by atoms with Crippen molar-refractivity contribution in [1.29, 1.82) is 0 Å². The first-order valence-corrected chi connectivity index (χ1v) is 15.7. The summed E-state index contributed by atoms with van der Waals surface area (Å²) in [7, 11) is 0. The standard InChI is InChI=1S/C25H34.4C3H8/c1-14(2)20-10-18-9-19-11-21(15(3)4)23(17(7)8)13-25(19)24(18)12-22(20)16(5)6;4*1-3-2/h10-17H,9H2,1-8H3;4*3H2,1-2H3. The van der Waals surface area contributed by atoms with Crippen LogP contribution in [0.1, 0.15) is 194 Å². The molecule has 0 N–H and O–H groups in total. The molecule has 0 heterocycles. The topological polar surface area (TPSA) is 0 Å². The van der Waals surface area contributed by atoms with Gasteiger partial charge in [-0.3, -0.25) is 0 Å². The SMILES string of the molecule is CC(C)c1cc2c(cc1C(C)C)-c1cc(C(C)C)c(C(C)C)cc1C2.CCC.CCC.CCC.CCC. The van der Waals surface area contributed by atoms with Crippen LogP contribution in [-0.2, 0) is 6.42 Å². The van der Waals surface area contributed by atoms with Crippen LogP contribution in [0.2, 0.25) is 0 Å². The molecule has 0 amide bonds. The summed E-state index contributed by atoms with van der Waals surface area (Å²) in [6.07, 6.45) is 6.10. The molecule has 0 heteroatoms. The van der Waals surface area contributed by atoms with E-state index in [1.165, 1.54) is 70.2 Å². The van der Waals surface area contributed by atoms with Gasteiger partial charge in [0.25, 0.3) is 0 Å². The third-order valence-corrected chi connectivity index (χ3v) is 5.78. The first kappa shape index (κ1) is 37.6. The second-order valence-electron chi connectivity index (χ2n) is 11.9. The Morgan fingerprint density at radius 3 is 0.784 bits per heavy atom. The van der Waals surface area contributed by atoms with Crippen molar-refractivity contribution in [3.05, 3.63) is 57.6 Å². The highest BCUT2D eigenvalue weighted by molar-refractivity contribution is 5.79. The maximum Gasteiger partial charge on any atom is -0.00132 e. The molecule has 1 aliphatic carbocycles. The molecule has 0 aromatic heterocycles. The summed E-state index contributed by atoms with van der Waals surface area (Å²) < 4.78 is 0.